The molecule has 96 valence electrons. The van der Waals surface area contributed by atoms with Gasteiger partial charge in [-0.1, -0.05) is 17.7 Å². The maximum Gasteiger partial charge on any atom is 0.284 e. The quantitative estimate of drug-likeness (QED) is 0.904. The number of nitrogens with zero attached hydrogens (tertiary/aromatic N) is 2. The second kappa shape index (κ2) is 4.20. The molecular formula is C13H10ClN3O2. The van der Waals surface area contributed by atoms with Crippen molar-refractivity contribution in [3.63, 3.8) is 0 Å². The van der Waals surface area contributed by atoms with Crippen LogP contribution in [0, 0.1) is 0 Å². The Bertz CT molecular complexity index is 693. The SMILES string of the molecule is NC(=O)c1nccn1C1Cc2ccc(Cl)cc2C1=O. The molecule has 0 saturated heterocycles. The number of fused-ring (bicyclic) bond motifs is 1. The number of halogens is 1. The van der Waals surface area contributed by atoms with E-state index in [0.29, 0.717) is 17.0 Å². The van der Waals surface area contributed by atoms with Crippen molar-refractivity contribution in [1.82, 2.24) is 9.55 Å². The normalized spacial score (nSPS) is 17.5. The molecule has 2 aromatic rings. The van der Waals surface area contributed by atoms with Gasteiger partial charge in [0.15, 0.2) is 11.6 Å². The van der Waals surface area contributed by atoms with Gasteiger partial charge in [0.2, 0.25) is 0 Å². The van der Waals surface area contributed by atoms with Gasteiger partial charge in [0.1, 0.15) is 6.04 Å². The van der Waals surface area contributed by atoms with Crippen LogP contribution in [0.2, 0.25) is 5.02 Å². The summed E-state index contributed by atoms with van der Waals surface area (Å²) in [6.45, 7) is 0. The molecule has 1 amide bonds. The highest BCUT2D eigenvalue weighted by atomic mass is 35.5. The van der Waals surface area contributed by atoms with Crippen LogP contribution in [0.15, 0.2) is 30.6 Å². The third-order valence-electron chi connectivity index (χ3n) is 3.28. The van der Waals surface area contributed by atoms with Gasteiger partial charge in [0.05, 0.1) is 0 Å². The lowest BCUT2D eigenvalue weighted by atomic mass is 10.1. The first-order valence-electron chi connectivity index (χ1n) is 5.73. The summed E-state index contributed by atoms with van der Waals surface area (Å²) in [5, 5.41) is 0.522. The third-order valence-corrected chi connectivity index (χ3v) is 3.51. The molecule has 1 aromatic heterocycles. The highest BCUT2D eigenvalue weighted by molar-refractivity contribution is 6.31. The van der Waals surface area contributed by atoms with E-state index >= 15 is 0 Å². The van der Waals surface area contributed by atoms with Crippen molar-refractivity contribution in [3.05, 3.63) is 52.6 Å². The molecule has 0 radical (unpaired) electrons. The number of carbonyl (C=O) groups excluding carboxylic acids is 2. The summed E-state index contributed by atoms with van der Waals surface area (Å²) >= 11 is 5.90. The van der Waals surface area contributed by atoms with Crippen molar-refractivity contribution in [1.29, 1.82) is 0 Å². The minimum absolute atomic E-state index is 0.0713. The maximum atomic E-state index is 12.4. The molecule has 2 N–H and O–H groups in total. The van der Waals surface area contributed by atoms with E-state index in [1.54, 1.807) is 18.3 Å². The number of amides is 1. The number of benzene rings is 1. The Morgan fingerprint density at radius 3 is 3.00 bits per heavy atom. The molecule has 0 saturated carbocycles. The summed E-state index contributed by atoms with van der Waals surface area (Å²) in [5.41, 5.74) is 6.77. The van der Waals surface area contributed by atoms with Crippen LogP contribution in [0.4, 0.5) is 0 Å². The Labute approximate surface area is 114 Å². The zero-order chi connectivity index (χ0) is 13.6. The number of Topliss-reactive ketones (excluding diaryl/α,β-unsaturated/α-hetero) is 1. The summed E-state index contributed by atoms with van der Waals surface area (Å²) in [7, 11) is 0. The molecule has 1 aromatic carbocycles. The number of primary amides is 1. The number of ketones is 1. The van der Waals surface area contributed by atoms with E-state index in [9.17, 15) is 9.59 Å². The molecule has 0 bridgehead atoms. The van der Waals surface area contributed by atoms with Gasteiger partial charge in [0.25, 0.3) is 5.91 Å². The van der Waals surface area contributed by atoms with Gasteiger partial charge in [-0.05, 0) is 17.7 Å². The predicted molar refractivity (Wildman–Crippen MR) is 69.3 cm³/mol. The molecule has 0 fully saturated rings. The fraction of sp³-hybridized carbons (Fsp3) is 0.154. The minimum Gasteiger partial charge on any atom is -0.363 e. The fourth-order valence-corrected chi connectivity index (χ4v) is 2.59. The standard InChI is InChI=1S/C13H10ClN3O2/c14-8-2-1-7-5-10(11(18)9(7)6-8)17-4-3-16-13(17)12(15)19/h1-4,6,10H,5H2,(H2,15,19). The summed E-state index contributed by atoms with van der Waals surface area (Å²) < 4.78 is 1.53. The van der Waals surface area contributed by atoms with Crippen LogP contribution in [-0.2, 0) is 6.42 Å². The summed E-state index contributed by atoms with van der Waals surface area (Å²) in [6.07, 6.45) is 3.57. The van der Waals surface area contributed by atoms with Crippen molar-refractivity contribution < 1.29 is 9.59 Å². The van der Waals surface area contributed by atoms with Crippen LogP contribution in [0.1, 0.15) is 32.6 Å². The van der Waals surface area contributed by atoms with E-state index in [0.717, 1.165) is 5.56 Å². The molecular weight excluding hydrogens is 266 g/mol. The number of carbonyl (C=O) groups is 2. The van der Waals surface area contributed by atoms with Crippen molar-refractivity contribution in [2.24, 2.45) is 5.73 Å². The summed E-state index contributed by atoms with van der Waals surface area (Å²) in [4.78, 5) is 27.5. The number of nitrogens with two attached hydrogens (primary N) is 1. The zero-order valence-corrected chi connectivity index (χ0v) is 10.6. The molecule has 3 rings (SSSR count). The number of hydrogen-bond acceptors (Lipinski definition) is 3. The Balaban J connectivity index is 2.04. The zero-order valence-electron chi connectivity index (χ0n) is 9.84. The largest absolute Gasteiger partial charge is 0.363 e. The van der Waals surface area contributed by atoms with E-state index in [1.807, 2.05) is 6.07 Å². The molecule has 6 heteroatoms. The van der Waals surface area contributed by atoms with Gasteiger partial charge in [-0.2, -0.15) is 0 Å². The lowest BCUT2D eigenvalue weighted by Gasteiger charge is -2.11. The van der Waals surface area contributed by atoms with Gasteiger partial charge in [-0.3, -0.25) is 9.59 Å². The predicted octanol–water partition coefficient (Wildman–Crippen LogP) is 1.62. The average molecular weight is 276 g/mol. The van der Waals surface area contributed by atoms with Crippen molar-refractivity contribution in [2.45, 2.75) is 12.5 Å². The lowest BCUT2D eigenvalue weighted by Crippen LogP contribution is -2.23. The first-order chi connectivity index (χ1) is 9.08. The number of aromatic nitrogens is 2. The minimum atomic E-state index is -0.646. The first-order valence-corrected chi connectivity index (χ1v) is 6.11. The van der Waals surface area contributed by atoms with Crippen molar-refractivity contribution in [3.8, 4) is 0 Å². The van der Waals surface area contributed by atoms with Crippen LogP contribution >= 0.6 is 11.6 Å². The van der Waals surface area contributed by atoms with E-state index < -0.39 is 11.9 Å². The third kappa shape index (κ3) is 1.82. The Morgan fingerprint density at radius 2 is 2.26 bits per heavy atom. The lowest BCUT2D eigenvalue weighted by molar-refractivity contribution is 0.0931. The molecule has 5 nitrogen and oxygen atoms in total. The van der Waals surface area contributed by atoms with Gasteiger partial charge in [-0.15, -0.1) is 0 Å². The average Bonchev–Trinajstić information content (AvgIpc) is 2.95. The van der Waals surface area contributed by atoms with Gasteiger partial charge in [0, 0.05) is 29.4 Å². The molecule has 1 atom stereocenters. The molecule has 0 spiro atoms. The van der Waals surface area contributed by atoms with E-state index in [2.05, 4.69) is 4.98 Å². The first kappa shape index (κ1) is 11.9. The second-order valence-corrected chi connectivity index (χ2v) is 4.84. The van der Waals surface area contributed by atoms with Crippen LogP contribution < -0.4 is 5.73 Å². The van der Waals surface area contributed by atoms with E-state index in [-0.39, 0.29) is 11.6 Å². The Kier molecular flexibility index (Phi) is 2.64. The van der Waals surface area contributed by atoms with Gasteiger partial charge >= 0.3 is 0 Å². The van der Waals surface area contributed by atoms with Crippen LogP contribution in [-0.4, -0.2) is 21.2 Å². The van der Waals surface area contributed by atoms with E-state index in [1.165, 1.54) is 10.8 Å². The molecule has 1 aliphatic rings. The molecule has 0 aliphatic heterocycles. The second-order valence-electron chi connectivity index (χ2n) is 4.41. The van der Waals surface area contributed by atoms with Gasteiger partial charge in [-0.25, -0.2) is 4.98 Å². The Morgan fingerprint density at radius 1 is 1.47 bits per heavy atom. The van der Waals surface area contributed by atoms with Crippen LogP contribution in [0.25, 0.3) is 0 Å². The highest BCUT2D eigenvalue weighted by Crippen LogP contribution is 2.32. The number of rotatable bonds is 2. The number of imidazole rings is 1. The topological polar surface area (TPSA) is 78.0 Å². The van der Waals surface area contributed by atoms with Crippen LogP contribution in [0.5, 0.6) is 0 Å². The number of hydrogen-bond donors (Lipinski definition) is 1. The summed E-state index contributed by atoms with van der Waals surface area (Å²) in [6, 6.07) is 4.76. The van der Waals surface area contributed by atoms with Gasteiger partial charge < -0.3 is 10.3 Å². The highest BCUT2D eigenvalue weighted by Gasteiger charge is 2.33. The van der Waals surface area contributed by atoms with E-state index in [4.69, 9.17) is 17.3 Å². The molecule has 19 heavy (non-hydrogen) atoms. The molecule has 1 aliphatic carbocycles. The smallest absolute Gasteiger partial charge is 0.284 e. The Hall–Kier alpha value is -2.14. The molecule has 1 unspecified atom stereocenters. The van der Waals surface area contributed by atoms with Crippen molar-refractivity contribution >= 4 is 23.3 Å². The monoisotopic (exact) mass is 275 g/mol. The van der Waals surface area contributed by atoms with Crippen LogP contribution in [0.3, 0.4) is 0 Å². The van der Waals surface area contributed by atoms with Crippen molar-refractivity contribution in [2.75, 3.05) is 0 Å². The fourth-order valence-electron chi connectivity index (χ4n) is 2.42. The molecule has 1 heterocycles. The maximum absolute atomic E-state index is 12.4. The summed E-state index contributed by atoms with van der Waals surface area (Å²) in [5.74, 6) is -0.623.